The maximum atomic E-state index is 13.2. The van der Waals surface area contributed by atoms with Crippen LogP contribution in [0.4, 0.5) is 36.4 Å². The molecule has 22 heavy (non-hydrogen) atoms. The summed E-state index contributed by atoms with van der Waals surface area (Å²) >= 11 is 0. The normalized spacial score (nSPS) is 13.0. The van der Waals surface area contributed by atoms with Crippen molar-refractivity contribution >= 4 is 11.6 Å². The number of benzene rings is 1. The zero-order valence-electron chi connectivity index (χ0n) is 11.2. The molecular weight excluding hydrogens is 323 g/mol. The van der Waals surface area contributed by atoms with Crippen molar-refractivity contribution in [3.63, 3.8) is 0 Å². The second-order valence-corrected chi connectivity index (χ2v) is 4.30. The molecule has 0 aliphatic carbocycles. The summed E-state index contributed by atoms with van der Waals surface area (Å²) in [6.07, 6.45) is -6.58. The number of methoxy groups -OCH3 is 1. The first-order chi connectivity index (χ1) is 9.84. The van der Waals surface area contributed by atoms with Gasteiger partial charge in [-0.1, -0.05) is 6.07 Å². The van der Waals surface area contributed by atoms with Gasteiger partial charge in [0.2, 0.25) is 0 Å². The van der Waals surface area contributed by atoms with E-state index in [1.165, 1.54) is 24.4 Å². The van der Waals surface area contributed by atoms with Gasteiger partial charge in [-0.2, -0.15) is 30.7 Å². The van der Waals surface area contributed by atoms with Gasteiger partial charge in [0.25, 0.3) is 0 Å². The third kappa shape index (κ3) is 3.09. The highest BCUT2D eigenvalue weighted by atomic mass is 19.4. The van der Waals surface area contributed by atoms with E-state index < -0.39 is 29.6 Å². The molecule has 0 aliphatic rings. The number of carbonyl (C=O) groups excluding carboxylic acids is 1. The smallest absolute Gasteiger partial charge is 0.460 e. The van der Waals surface area contributed by atoms with E-state index >= 15 is 0 Å². The predicted molar refractivity (Wildman–Crippen MR) is 62.3 cm³/mol. The highest BCUT2D eigenvalue weighted by Crippen LogP contribution is 2.47. The first-order valence-electron chi connectivity index (χ1n) is 5.63. The Hall–Kier alpha value is -2.00. The third-order valence-electron chi connectivity index (χ3n) is 2.64. The topological polar surface area (TPSA) is 38.3 Å². The molecule has 0 heterocycles. The van der Waals surface area contributed by atoms with E-state index in [0.717, 1.165) is 13.2 Å². The summed E-state index contributed by atoms with van der Waals surface area (Å²) in [7, 11) is 1.10. The molecule has 0 unspecified atom stereocenters. The maximum absolute atomic E-state index is 13.2. The number of carbonyl (C=O) groups is 1. The molecule has 0 atom stereocenters. The molecule has 0 radical (unpaired) electrons. The van der Waals surface area contributed by atoms with Gasteiger partial charge in [-0.15, -0.1) is 0 Å². The number of rotatable bonds is 4. The van der Waals surface area contributed by atoms with Crippen LogP contribution in [0.25, 0.3) is 0 Å². The minimum absolute atomic E-state index is 0.176. The van der Waals surface area contributed by atoms with Crippen molar-refractivity contribution < 1.29 is 40.3 Å². The molecule has 3 nitrogen and oxygen atoms in total. The zero-order valence-corrected chi connectivity index (χ0v) is 11.2. The fourth-order valence-corrected chi connectivity index (χ4v) is 1.44. The number of nitrogens with one attached hydrogen (secondary N) is 1. The summed E-state index contributed by atoms with van der Waals surface area (Å²) in [6.45, 7) is 1.48. The number of hydrogen-bond donors (Lipinski definition) is 1. The molecule has 1 N–H and O–H groups in total. The Morgan fingerprint density at radius 2 is 1.64 bits per heavy atom. The predicted octanol–water partition coefficient (Wildman–Crippen LogP) is 3.78. The van der Waals surface area contributed by atoms with Crippen LogP contribution in [-0.4, -0.2) is 31.0 Å². The lowest BCUT2D eigenvalue weighted by atomic mass is 10.1. The highest BCUT2D eigenvalue weighted by molar-refractivity contribution is 5.98. The fourth-order valence-electron chi connectivity index (χ4n) is 1.44. The van der Waals surface area contributed by atoms with Crippen molar-refractivity contribution in [3.05, 3.63) is 23.8 Å². The first-order valence-corrected chi connectivity index (χ1v) is 5.63. The summed E-state index contributed by atoms with van der Waals surface area (Å²) in [5, 5.41) is 1.33. The molecule has 0 bridgehead atoms. The quantitative estimate of drug-likeness (QED) is 0.852. The first kappa shape index (κ1) is 18.1. The largest absolute Gasteiger partial charge is 0.495 e. The van der Waals surface area contributed by atoms with E-state index in [9.17, 15) is 35.5 Å². The number of amides is 1. The number of halogens is 7. The Morgan fingerprint density at radius 1 is 1.09 bits per heavy atom. The number of aryl methyl sites for hydroxylation is 1. The van der Waals surface area contributed by atoms with Crippen LogP contribution in [0.5, 0.6) is 5.75 Å². The minimum Gasteiger partial charge on any atom is -0.495 e. The molecule has 0 aromatic heterocycles. The second-order valence-electron chi connectivity index (χ2n) is 4.30. The molecule has 0 aliphatic heterocycles. The molecule has 0 fully saturated rings. The summed E-state index contributed by atoms with van der Waals surface area (Å²) in [4.78, 5) is 11.2. The maximum Gasteiger partial charge on any atom is 0.460 e. The van der Waals surface area contributed by atoms with Gasteiger partial charge in [0.1, 0.15) is 5.75 Å². The van der Waals surface area contributed by atoms with E-state index in [-0.39, 0.29) is 5.75 Å². The summed E-state index contributed by atoms with van der Waals surface area (Å²) < 4.78 is 92.6. The molecule has 1 rings (SSSR count). The van der Waals surface area contributed by atoms with Crippen molar-refractivity contribution in [2.24, 2.45) is 0 Å². The average molecular weight is 333 g/mol. The lowest BCUT2D eigenvalue weighted by Crippen LogP contribution is -2.57. The van der Waals surface area contributed by atoms with Crippen LogP contribution in [0.3, 0.4) is 0 Å². The number of ether oxygens (including phenoxy) is 1. The number of alkyl halides is 7. The van der Waals surface area contributed by atoms with Gasteiger partial charge in [0.15, 0.2) is 0 Å². The molecule has 10 heteroatoms. The van der Waals surface area contributed by atoms with Crippen LogP contribution in [0.1, 0.15) is 5.56 Å². The lowest BCUT2D eigenvalue weighted by molar-refractivity contribution is -0.343. The minimum atomic E-state index is -6.58. The van der Waals surface area contributed by atoms with Crippen molar-refractivity contribution in [3.8, 4) is 5.75 Å². The Labute approximate surface area is 120 Å². The van der Waals surface area contributed by atoms with Crippen LogP contribution >= 0.6 is 0 Å². The van der Waals surface area contributed by atoms with Crippen LogP contribution in [0.15, 0.2) is 18.2 Å². The van der Waals surface area contributed by atoms with Crippen LogP contribution in [0, 0.1) is 6.92 Å². The van der Waals surface area contributed by atoms with E-state index in [1.54, 1.807) is 0 Å². The average Bonchev–Trinajstić information content (AvgIpc) is 2.37. The molecule has 0 spiro atoms. The Bertz CT molecular complexity index is 569. The van der Waals surface area contributed by atoms with Crippen molar-refractivity contribution in [1.29, 1.82) is 0 Å². The van der Waals surface area contributed by atoms with Crippen molar-refractivity contribution in [2.75, 3.05) is 12.4 Å². The van der Waals surface area contributed by atoms with Gasteiger partial charge in [-0.25, -0.2) is 0 Å². The number of anilines is 1. The van der Waals surface area contributed by atoms with Crippen molar-refractivity contribution in [1.82, 2.24) is 0 Å². The van der Waals surface area contributed by atoms with Gasteiger partial charge in [-0.3, -0.25) is 4.79 Å². The lowest BCUT2D eigenvalue weighted by Gasteiger charge is -2.27. The van der Waals surface area contributed by atoms with E-state index in [2.05, 4.69) is 0 Å². The Kier molecular flexibility index (Phi) is 4.64. The second kappa shape index (κ2) is 5.65. The SMILES string of the molecule is COc1ccc(C)cc1NC(=O)C(F)(F)C(F)(F)C(F)(F)F. The number of hydrogen-bond acceptors (Lipinski definition) is 2. The van der Waals surface area contributed by atoms with Gasteiger partial charge in [0.05, 0.1) is 12.8 Å². The molecule has 0 saturated carbocycles. The van der Waals surface area contributed by atoms with Gasteiger partial charge >= 0.3 is 23.9 Å². The molecule has 1 aromatic carbocycles. The van der Waals surface area contributed by atoms with E-state index in [4.69, 9.17) is 4.74 Å². The van der Waals surface area contributed by atoms with E-state index in [1.807, 2.05) is 0 Å². The molecule has 1 aromatic rings. The Morgan fingerprint density at radius 3 is 2.09 bits per heavy atom. The van der Waals surface area contributed by atoms with Gasteiger partial charge in [0, 0.05) is 0 Å². The van der Waals surface area contributed by atoms with Crippen LogP contribution < -0.4 is 10.1 Å². The molecule has 0 saturated heterocycles. The van der Waals surface area contributed by atoms with Crippen LogP contribution in [-0.2, 0) is 4.79 Å². The summed E-state index contributed by atoms with van der Waals surface area (Å²) in [6, 6.07) is 3.76. The van der Waals surface area contributed by atoms with Crippen molar-refractivity contribution in [2.45, 2.75) is 24.9 Å². The highest BCUT2D eigenvalue weighted by Gasteiger charge is 2.76. The fraction of sp³-hybridized carbons (Fsp3) is 0.417. The molecular formula is C12H10F7NO2. The third-order valence-corrected chi connectivity index (χ3v) is 2.64. The summed E-state index contributed by atoms with van der Waals surface area (Å²) in [5.74, 6) is -15.5. The monoisotopic (exact) mass is 333 g/mol. The molecule has 1 amide bonds. The standard InChI is InChI=1S/C12H10F7NO2/c1-6-3-4-8(22-2)7(5-6)20-9(21)10(13,14)11(15,16)12(17,18)19/h3-5H,1-2H3,(H,20,21). The zero-order chi connectivity index (χ0) is 17.3. The molecule has 124 valence electrons. The van der Waals surface area contributed by atoms with Crippen LogP contribution in [0.2, 0.25) is 0 Å². The summed E-state index contributed by atoms with van der Waals surface area (Å²) in [5.41, 5.74) is -0.0212. The Balaban J connectivity index is 3.14. The van der Waals surface area contributed by atoms with Gasteiger partial charge in [-0.05, 0) is 24.6 Å². The van der Waals surface area contributed by atoms with Gasteiger partial charge < -0.3 is 10.1 Å². The van der Waals surface area contributed by atoms with E-state index in [0.29, 0.717) is 5.56 Å².